The second-order valence-corrected chi connectivity index (χ2v) is 5.18. The number of benzene rings is 1. The first kappa shape index (κ1) is 15.6. The first-order chi connectivity index (χ1) is 11.6. The average molecular weight is 326 g/mol. The summed E-state index contributed by atoms with van der Waals surface area (Å²) < 4.78 is 0. The number of nitro benzene ring substituents is 1. The van der Waals surface area contributed by atoms with Crippen molar-refractivity contribution >= 4 is 17.3 Å². The van der Waals surface area contributed by atoms with Crippen molar-refractivity contribution in [2.24, 2.45) is 5.16 Å². The molecule has 1 N–H and O–H groups in total. The lowest BCUT2D eigenvalue weighted by atomic mass is 10.1. The van der Waals surface area contributed by atoms with E-state index in [4.69, 9.17) is 4.84 Å². The molecule has 1 aliphatic heterocycles. The quantitative estimate of drug-likeness (QED) is 0.666. The molecule has 1 aliphatic rings. The van der Waals surface area contributed by atoms with Gasteiger partial charge in [0.15, 0.2) is 0 Å². The van der Waals surface area contributed by atoms with Crippen LogP contribution in [0.25, 0.3) is 0 Å². The summed E-state index contributed by atoms with van der Waals surface area (Å²) >= 11 is 0. The van der Waals surface area contributed by atoms with Crippen LogP contribution >= 0.6 is 0 Å². The van der Waals surface area contributed by atoms with Crippen LogP contribution in [0.15, 0.2) is 53.9 Å². The summed E-state index contributed by atoms with van der Waals surface area (Å²) in [5.41, 5.74) is 1.85. The third-order valence-electron chi connectivity index (χ3n) is 3.60. The van der Waals surface area contributed by atoms with Gasteiger partial charge in [0.2, 0.25) is 6.10 Å². The third-order valence-corrected chi connectivity index (χ3v) is 3.60. The number of nitrogens with one attached hydrogen (secondary N) is 1. The van der Waals surface area contributed by atoms with E-state index < -0.39 is 11.0 Å². The number of pyridine rings is 1. The van der Waals surface area contributed by atoms with E-state index in [0.29, 0.717) is 17.7 Å². The monoisotopic (exact) mass is 326 g/mol. The van der Waals surface area contributed by atoms with Crippen molar-refractivity contribution in [3.8, 4) is 0 Å². The molecule has 3 rings (SSSR count). The molecule has 122 valence electrons. The second kappa shape index (κ2) is 6.86. The van der Waals surface area contributed by atoms with Crippen LogP contribution < -0.4 is 5.32 Å². The Balaban J connectivity index is 1.59. The average Bonchev–Trinajstić information content (AvgIpc) is 3.11. The van der Waals surface area contributed by atoms with Gasteiger partial charge in [0, 0.05) is 42.6 Å². The standard InChI is InChI=1S/C16H14N4O4/c21-16(18-10-12-4-1-2-6-14(12)20(22)23)15-8-13(19-24-15)11-5-3-7-17-9-11/h1-7,9,15H,8,10H2,(H,18,21)/t15-/m0/s1. The smallest absolute Gasteiger partial charge is 0.274 e. The van der Waals surface area contributed by atoms with Crippen molar-refractivity contribution < 1.29 is 14.6 Å². The predicted octanol–water partition coefficient (Wildman–Crippen LogP) is 1.80. The van der Waals surface area contributed by atoms with E-state index in [2.05, 4.69) is 15.5 Å². The van der Waals surface area contributed by atoms with E-state index in [-0.39, 0.29) is 18.1 Å². The first-order valence-corrected chi connectivity index (χ1v) is 7.28. The van der Waals surface area contributed by atoms with Gasteiger partial charge in [0.05, 0.1) is 10.6 Å². The third kappa shape index (κ3) is 3.37. The molecule has 0 fully saturated rings. The van der Waals surface area contributed by atoms with Crippen molar-refractivity contribution in [3.63, 3.8) is 0 Å². The molecular weight excluding hydrogens is 312 g/mol. The molecule has 1 atom stereocenters. The molecule has 1 amide bonds. The maximum absolute atomic E-state index is 12.2. The highest BCUT2D eigenvalue weighted by molar-refractivity contribution is 6.03. The van der Waals surface area contributed by atoms with Crippen LogP contribution in [0.2, 0.25) is 0 Å². The zero-order chi connectivity index (χ0) is 16.9. The Morgan fingerprint density at radius 2 is 2.17 bits per heavy atom. The molecule has 0 unspecified atom stereocenters. The van der Waals surface area contributed by atoms with Gasteiger partial charge < -0.3 is 10.2 Å². The van der Waals surface area contributed by atoms with Crippen LogP contribution in [0.4, 0.5) is 5.69 Å². The molecule has 0 radical (unpaired) electrons. The molecule has 0 bridgehead atoms. The minimum Gasteiger partial charge on any atom is -0.382 e. The molecule has 2 aromatic rings. The van der Waals surface area contributed by atoms with Gasteiger partial charge in [-0.25, -0.2) is 0 Å². The Hall–Kier alpha value is -3.29. The van der Waals surface area contributed by atoms with E-state index >= 15 is 0 Å². The van der Waals surface area contributed by atoms with E-state index in [1.165, 1.54) is 6.07 Å². The Morgan fingerprint density at radius 1 is 1.33 bits per heavy atom. The number of rotatable bonds is 5. The summed E-state index contributed by atoms with van der Waals surface area (Å²) in [5.74, 6) is -0.365. The molecule has 0 saturated heterocycles. The number of para-hydroxylation sites is 1. The van der Waals surface area contributed by atoms with E-state index in [0.717, 1.165) is 5.56 Å². The molecule has 24 heavy (non-hydrogen) atoms. The zero-order valence-corrected chi connectivity index (χ0v) is 12.6. The van der Waals surface area contributed by atoms with Crippen molar-refractivity contribution in [1.29, 1.82) is 0 Å². The summed E-state index contributed by atoms with van der Waals surface area (Å²) in [5, 5.41) is 17.5. The number of aromatic nitrogens is 1. The summed E-state index contributed by atoms with van der Waals surface area (Å²) in [4.78, 5) is 31.8. The van der Waals surface area contributed by atoms with Crippen molar-refractivity contribution in [1.82, 2.24) is 10.3 Å². The van der Waals surface area contributed by atoms with Gasteiger partial charge in [-0.1, -0.05) is 23.4 Å². The summed E-state index contributed by atoms with van der Waals surface area (Å²) in [7, 11) is 0. The van der Waals surface area contributed by atoms with E-state index in [1.807, 2.05) is 6.07 Å². The van der Waals surface area contributed by atoms with Crippen LogP contribution in [0, 0.1) is 10.1 Å². The fourth-order valence-electron chi connectivity index (χ4n) is 2.36. The summed E-state index contributed by atoms with van der Waals surface area (Å²) in [6.45, 7) is 0.0536. The summed E-state index contributed by atoms with van der Waals surface area (Å²) in [6, 6.07) is 9.88. The fourth-order valence-corrected chi connectivity index (χ4v) is 2.36. The largest absolute Gasteiger partial charge is 0.382 e. The van der Waals surface area contributed by atoms with Crippen LogP contribution in [0.1, 0.15) is 17.5 Å². The highest BCUT2D eigenvalue weighted by Crippen LogP contribution is 2.19. The van der Waals surface area contributed by atoms with Crippen LogP contribution in [-0.4, -0.2) is 27.6 Å². The Kier molecular flexibility index (Phi) is 4.46. The lowest BCUT2D eigenvalue weighted by Crippen LogP contribution is -2.34. The molecule has 8 nitrogen and oxygen atoms in total. The van der Waals surface area contributed by atoms with Gasteiger partial charge in [-0.3, -0.25) is 19.9 Å². The van der Waals surface area contributed by atoms with Crippen LogP contribution in [-0.2, 0) is 16.2 Å². The lowest BCUT2D eigenvalue weighted by molar-refractivity contribution is -0.385. The minimum atomic E-state index is -0.747. The van der Waals surface area contributed by atoms with Crippen molar-refractivity contribution in [3.05, 3.63) is 70.0 Å². The van der Waals surface area contributed by atoms with Crippen LogP contribution in [0.5, 0.6) is 0 Å². The van der Waals surface area contributed by atoms with Gasteiger partial charge in [-0.15, -0.1) is 0 Å². The number of hydrogen-bond acceptors (Lipinski definition) is 6. The van der Waals surface area contributed by atoms with Crippen molar-refractivity contribution in [2.45, 2.75) is 19.1 Å². The molecular formula is C16H14N4O4. The van der Waals surface area contributed by atoms with E-state index in [9.17, 15) is 14.9 Å². The minimum absolute atomic E-state index is 0.0301. The SMILES string of the molecule is O=C(NCc1ccccc1[N+](=O)[O-])[C@@H]1CC(c2cccnc2)=NO1. The Bertz CT molecular complexity index is 792. The molecule has 0 spiro atoms. The molecule has 2 heterocycles. The molecule has 1 aromatic heterocycles. The van der Waals surface area contributed by atoms with Crippen molar-refractivity contribution in [2.75, 3.05) is 0 Å². The highest BCUT2D eigenvalue weighted by atomic mass is 16.6. The fraction of sp³-hybridized carbons (Fsp3) is 0.188. The highest BCUT2D eigenvalue weighted by Gasteiger charge is 2.29. The van der Waals surface area contributed by atoms with Gasteiger partial charge in [0.1, 0.15) is 0 Å². The molecule has 1 aromatic carbocycles. The molecule has 0 aliphatic carbocycles. The van der Waals surface area contributed by atoms with Crippen LogP contribution in [0.3, 0.4) is 0 Å². The second-order valence-electron chi connectivity index (χ2n) is 5.18. The van der Waals surface area contributed by atoms with Gasteiger partial charge >= 0.3 is 0 Å². The number of nitro groups is 1. The number of oxime groups is 1. The molecule has 8 heteroatoms. The van der Waals surface area contributed by atoms with Gasteiger partial charge in [0.25, 0.3) is 11.6 Å². The number of carbonyl (C=O) groups excluding carboxylic acids is 1. The maximum atomic E-state index is 12.2. The first-order valence-electron chi connectivity index (χ1n) is 7.28. The van der Waals surface area contributed by atoms with Gasteiger partial charge in [-0.05, 0) is 12.1 Å². The number of carbonyl (C=O) groups is 1. The molecule has 0 saturated carbocycles. The Morgan fingerprint density at radius 3 is 2.92 bits per heavy atom. The normalized spacial score (nSPS) is 16.2. The summed E-state index contributed by atoms with van der Waals surface area (Å²) in [6.07, 6.45) is 2.88. The predicted molar refractivity (Wildman–Crippen MR) is 85.2 cm³/mol. The topological polar surface area (TPSA) is 107 Å². The van der Waals surface area contributed by atoms with E-state index in [1.54, 1.807) is 36.7 Å². The number of nitrogens with zero attached hydrogens (tertiary/aromatic N) is 3. The number of amides is 1. The Labute approximate surface area is 137 Å². The maximum Gasteiger partial charge on any atom is 0.274 e. The number of hydrogen-bond donors (Lipinski definition) is 1. The van der Waals surface area contributed by atoms with Gasteiger partial charge in [-0.2, -0.15) is 0 Å². The lowest BCUT2D eigenvalue weighted by Gasteiger charge is -2.09. The zero-order valence-electron chi connectivity index (χ0n) is 12.6.